The Morgan fingerprint density at radius 1 is 0.871 bits per heavy atom. The molecule has 0 spiro atoms. The van der Waals surface area contributed by atoms with Crippen LogP contribution in [0.2, 0.25) is 5.02 Å². The quantitative estimate of drug-likeness (QED) is 0.464. The zero-order valence-corrected chi connectivity index (χ0v) is 18.2. The number of nitrogen functional groups attached to an aromatic ring is 1. The normalized spacial score (nSPS) is 15.2. The molecule has 0 bridgehead atoms. The Bertz CT molecular complexity index is 1270. The van der Waals surface area contributed by atoms with Crippen LogP contribution in [-0.4, -0.2) is 55.5 Å². The minimum Gasteiger partial charge on any atom is -0.384 e. The number of nitrogens with zero attached hydrogens (tertiary/aromatic N) is 2. The number of sulfonamides is 1. The van der Waals surface area contributed by atoms with Crippen LogP contribution in [0.5, 0.6) is 0 Å². The van der Waals surface area contributed by atoms with E-state index in [9.17, 15) is 13.2 Å². The summed E-state index contributed by atoms with van der Waals surface area (Å²) >= 11 is 6.00. The van der Waals surface area contributed by atoms with Crippen molar-refractivity contribution >= 4 is 44.1 Å². The minimum absolute atomic E-state index is 0.0605. The third kappa shape index (κ3) is 4.27. The maximum Gasteiger partial charge on any atom is 0.253 e. The van der Waals surface area contributed by atoms with Crippen LogP contribution in [-0.2, 0) is 10.0 Å². The van der Waals surface area contributed by atoms with Crippen LogP contribution in [0, 0.1) is 5.41 Å². The fourth-order valence-electron chi connectivity index (χ4n) is 3.61. The lowest BCUT2D eigenvalue weighted by molar-refractivity contribution is 0.0698. The van der Waals surface area contributed by atoms with Crippen molar-refractivity contribution in [2.75, 3.05) is 26.2 Å². The molecule has 1 heterocycles. The van der Waals surface area contributed by atoms with Crippen molar-refractivity contribution in [2.45, 2.75) is 4.90 Å². The highest BCUT2D eigenvalue weighted by Gasteiger charge is 2.30. The second-order valence-electron chi connectivity index (χ2n) is 7.34. The second-order valence-corrected chi connectivity index (χ2v) is 9.71. The number of nitrogens with two attached hydrogens (primary N) is 1. The van der Waals surface area contributed by atoms with E-state index in [4.69, 9.17) is 22.7 Å². The topological polar surface area (TPSA) is 108 Å². The Morgan fingerprint density at radius 2 is 1.45 bits per heavy atom. The van der Waals surface area contributed by atoms with Gasteiger partial charge in [0, 0.05) is 42.3 Å². The molecule has 9 heteroatoms. The number of rotatable bonds is 4. The Morgan fingerprint density at radius 3 is 2.10 bits per heavy atom. The molecule has 1 fully saturated rings. The molecule has 3 aromatic carbocycles. The van der Waals surface area contributed by atoms with Gasteiger partial charge in [0.1, 0.15) is 5.84 Å². The zero-order valence-electron chi connectivity index (χ0n) is 16.6. The van der Waals surface area contributed by atoms with Crippen molar-refractivity contribution in [3.8, 4) is 0 Å². The van der Waals surface area contributed by atoms with Crippen molar-refractivity contribution < 1.29 is 13.2 Å². The predicted octanol–water partition coefficient (Wildman–Crippen LogP) is 2.92. The highest BCUT2D eigenvalue weighted by atomic mass is 35.5. The molecule has 0 saturated carbocycles. The first kappa shape index (κ1) is 21.3. The second kappa shape index (κ2) is 8.30. The number of halogens is 1. The lowest BCUT2D eigenvalue weighted by Crippen LogP contribution is -2.50. The number of nitrogens with one attached hydrogen (secondary N) is 1. The van der Waals surface area contributed by atoms with Gasteiger partial charge in [-0.15, -0.1) is 0 Å². The number of carbonyl (C=O) groups excluding carboxylic acids is 1. The van der Waals surface area contributed by atoms with Gasteiger partial charge >= 0.3 is 0 Å². The molecule has 160 valence electrons. The van der Waals surface area contributed by atoms with Crippen molar-refractivity contribution in [3.63, 3.8) is 0 Å². The molecule has 0 aromatic heterocycles. The highest BCUT2D eigenvalue weighted by Crippen LogP contribution is 2.25. The molecule has 0 unspecified atom stereocenters. The van der Waals surface area contributed by atoms with E-state index in [1.807, 2.05) is 0 Å². The number of fused-ring (bicyclic) bond motifs is 1. The van der Waals surface area contributed by atoms with Crippen molar-refractivity contribution in [3.05, 3.63) is 76.8 Å². The average molecular weight is 457 g/mol. The molecule has 1 aliphatic heterocycles. The SMILES string of the molecule is N=C(N)c1ccc(C(=O)N2CCN(S(=O)(=O)c3ccc4cc(Cl)ccc4c3)CC2)cc1. The zero-order chi connectivity index (χ0) is 22.2. The number of piperazine rings is 1. The summed E-state index contributed by atoms with van der Waals surface area (Å²) in [6, 6.07) is 16.8. The molecule has 7 nitrogen and oxygen atoms in total. The van der Waals surface area contributed by atoms with Gasteiger partial charge in [-0.2, -0.15) is 4.31 Å². The van der Waals surface area contributed by atoms with Crippen LogP contribution >= 0.6 is 11.6 Å². The van der Waals surface area contributed by atoms with Gasteiger partial charge in [-0.1, -0.05) is 35.9 Å². The molecular formula is C22H21ClN4O3S. The summed E-state index contributed by atoms with van der Waals surface area (Å²) in [5.41, 5.74) is 6.47. The Balaban J connectivity index is 1.46. The molecule has 1 saturated heterocycles. The van der Waals surface area contributed by atoms with E-state index < -0.39 is 10.0 Å². The number of hydrogen-bond acceptors (Lipinski definition) is 4. The fraction of sp³-hybridized carbons (Fsp3) is 0.182. The number of hydrogen-bond donors (Lipinski definition) is 2. The van der Waals surface area contributed by atoms with Crippen LogP contribution < -0.4 is 5.73 Å². The Kier molecular flexibility index (Phi) is 5.70. The van der Waals surface area contributed by atoms with E-state index in [0.29, 0.717) is 29.2 Å². The van der Waals surface area contributed by atoms with E-state index in [1.54, 1.807) is 65.6 Å². The Hall–Kier alpha value is -2.94. The first-order valence-corrected chi connectivity index (χ1v) is 11.5. The molecule has 1 amide bonds. The van der Waals surface area contributed by atoms with Crippen LogP contribution in [0.1, 0.15) is 15.9 Å². The summed E-state index contributed by atoms with van der Waals surface area (Å²) in [4.78, 5) is 14.6. The van der Waals surface area contributed by atoms with Crippen molar-refractivity contribution in [1.82, 2.24) is 9.21 Å². The third-order valence-corrected chi connectivity index (χ3v) is 7.51. The van der Waals surface area contributed by atoms with E-state index in [-0.39, 0.29) is 29.7 Å². The number of benzene rings is 3. The number of carbonyl (C=O) groups is 1. The summed E-state index contributed by atoms with van der Waals surface area (Å²) in [6.07, 6.45) is 0. The third-order valence-electron chi connectivity index (χ3n) is 5.38. The van der Waals surface area contributed by atoms with Gasteiger partial charge in [0.2, 0.25) is 10.0 Å². The molecule has 3 N–H and O–H groups in total. The van der Waals surface area contributed by atoms with Crippen LogP contribution in [0.25, 0.3) is 10.8 Å². The summed E-state index contributed by atoms with van der Waals surface area (Å²) in [5, 5.41) is 9.70. The standard InChI is InChI=1S/C22H21ClN4O3S/c23-19-7-5-18-14-20(8-6-17(18)13-19)31(29,30)27-11-9-26(10-12-27)22(28)16-3-1-15(2-4-16)21(24)25/h1-8,13-14H,9-12H2,(H3,24,25). The largest absolute Gasteiger partial charge is 0.384 e. The van der Waals surface area contributed by atoms with E-state index >= 15 is 0 Å². The first-order valence-electron chi connectivity index (χ1n) is 9.69. The molecular weight excluding hydrogens is 436 g/mol. The van der Waals surface area contributed by atoms with Crippen LogP contribution in [0.15, 0.2) is 65.6 Å². The molecule has 3 aromatic rings. The summed E-state index contributed by atoms with van der Waals surface area (Å²) in [6.45, 7) is 1.04. The lowest BCUT2D eigenvalue weighted by Gasteiger charge is -2.34. The number of amides is 1. The summed E-state index contributed by atoms with van der Waals surface area (Å²) in [5.74, 6) is -0.232. The van der Waals surface area contributed by atoms with Crippen molar-refractivity contribution in [1.29, 1.82) is 5.41 Å². The number of amidine groups is 1. The monoisotopic (exact) mass is 456 g/mol. The van der Waals surface area contributed by atoms with Gasteiger partial charge in [0.15, 0.2) is 0 Å². The predicted molar refractivity (Wildman–Crippen MR) is 121 cm³/mol. The molecule has 0 radical (unpaired) electrons. The molecule has 0 aliphatic carbocycles. The average Bonchev–Trinajstić information content (AvgIpc) is 2.78. The smallest absolute Gasteiger partial charge is 0.253 e. The lowest BCUT2D eigenvalue weighted by atomic mass is 10.1. The van der Waals surface area contributed by atoms with Gasteiger partial charge in [-0.25, -0.2) is 8.42 Å². The van der Waals surface area contributed by atoms with E-state index in [0.717, 1.165) is 10.8 Å². The molecule has 1 aliphatic rings. The van der Waals surface area contributed by atoms with Gasteiger partial charge < -0.3 is 10.6 Å². The van der Waals surface area contributed by atoms with Crippen LogP contribution in [0.3, 0.4) is 0 Å². The van der Waals surface area contributed by atoms with Crippen molar-refractivity contribution in [2.24, 2.45) is 5.73 Å². The van der Waals surface area contributed by atoms with Gasteiger partial charge in [0.25, 0.3) is 5.91 Å². The first-order chi connectivity index (χ1) is 14.8. The van der Waals surface area contributed by atoms with Gasteiger partial charge in [-0.05, 0) is 47.2 Å². The summed E-state index contributed by atoms with van der Waals surface area (Å²) in [7, 11) is -3.67. The van der Waals surface area contributed by atoms with E-state index in [2.05, 4.69) is 0 Å². The van der Waals surface area contributed by atoms with Crippen LogP contribution in [0.4, 0.5) is 0 Å². The summed E-state index contributed by atoms with van der Waals surface area (Å²) < 4.78 is 27.6. The molecule has 0 atom stereocenters. The molecule has 4 rings (SSSR count). The van der Waals surface area contributed by atoms with Gasteiger partial charge in [0.05, 0.1) is 4.90 Å². The Labute approximate surface area is 185 Å². The van der Waals surface area contributed by atoms with E-state index in [1.165, 1.54) is 4.31 Å². The highest BCUT2D eigenvalue weighted by molar-refractivity contribution is 7.89. The van der Waals surface area contributed by atoms with Gasteiger partial charge in [-0.3, -0.25) is 10.2 Å². The fourth-order valence-corrected chi connectivity index (χ4v) is 5.25. The minimum atomic E-state index is -3.67. The molecule has 31 heavy (non-hydrogen) atoms. The maximum atomic E-state index is 13.1. The maximum absolute atomic E-state index is 13.1.